The van der Waals surface area contributed by atoms with Crippen molar-refractivity contribution in [2.75, 3.05) is 10.2 Å². The first-order valence-electron chi connectivity index (χ1n) is 9.26. The zero-order valence-corrected chi connectivity index (χ0v) is 16.5. The Labute approximate surface area is 168 Å². The van der Waals surface area contributed by atoms with Crippen molar-refractivity contribution in [2.24, 2.45) is 0 Å². The highest BCUT2D eigenvalue weighted by molar-refractivity contribution is 6.03. The molecule has 1 aromatic heterocycles. The molecule has 1 N–H and O–H groups in total. The van der Waals surface area contributed by atoms with Gasteiger partial charge in [0.05, 0.1) is 0 Å². The number of benzene rings is 2. The Bertz CT molecular complexity index is 989. The van der Waals surface area contributed by atoms with Gasteiger partial charge in [-0.05, 0) is 38.5 Å². The van der Waals surface area contributed by atoms with Crippen LogP contribution in [0, 0.1) is 18.6 Å². The van der Waals surface area contributed by atoms with Gasteiger partial charge in [0, 0.05) is 18.7 Å². The third-order valence-corrected chi connectivity index (χ3v) is 4.37. The monoisotopic (exact) mass is 396 g/mol. The van der Waals surface area contributed by atoms with Gasteiger partial charge in [0.15, 0.2) is 0 Å². The van der Waals surface area contributed by atoms with Crippen molar-refractivity contribution in [1.29, 1.82) is 0 Å². The normalized spacial score (nSPS) is 10.8. The number of nitrogens with zero attached hydrogens (tertiary/aromatic N) is 3. The van der Waals surface area contributed by atoms with Gasteiger partial charge in [-0.2, -0.15) is 0 Å². The van der Waals surface area contributed by atoms with Crippen molar-refractivity contribution in [3.8, 4) is 0 Å². The maximum absolute atomic E-state index is 13.9. The van der Waals surface area contributed by atoms with Crippen LogP contribution in [0.5, 0.6) is 0 Å². The van der Waals surface area contributed by atoms with Crippen LogP contribution in [0.25, 0.3) is 0 Å². The zero-order valence-electron chi connectivity index (χ0n) is 16.5. The lowest BCUT2D eigenvalue weighted by molar-refractivity contribution is 0.102. The van der Waals surface area contributed by atoms with E-state index in [0.29, 0.717) is 18.2 Å². The summed E-state index contributed by atoms with van der Waals surface area (Å²) in [5.74, 6) is -1.45. The number of nitrogens with one attached hydrogen (secondary N) is 1. The van der Waals surface area contributed by atoms with Gasteiger partial charge in [-0.25, -0.2) is 18.7 Å². The zero-order chi connectivity index (χ0) is 21.0. The summed E-state index contributed by atoms with van der Waals surface area (Å²) in [6.45, 7) is 6.31. The van der Waals surface area contributed by atoms with Gasteiger partial charge in [0.2, 0.25) is 0 Å². The number of para-hydroxylation sites is 1. The molecular formula is C22H22F2N4O. The first kappa shape index (κ1) is 20.4. The molecule has 0 saturated heterocycles. The molecule has 1 heterocycles. The number of carbonyl (C=O) groups is 1. The highest BCUT2D eigenvalue weighted by Gasteiger charge is 2.19. The van der Waals surface area contributed by atoms with E-state index in [1.165, 1.54) is 12.1 Å². The van der Waals surface area contributed by atoms with Crippen molar-refractivity contribution >= 4 is 17.4 Å². The van der Waals surface area contributed by atoms with Crippen LogP contribution >= 0.6 is 0 Å². The second-order valence-electron chi connectivity index (χ2n) is 6.92. The van der Waals surface area contributed by atoms with E-state index >= 15 is 0 Å². The SMILES string of the molecule is Cc1nc(C(=O)Nc2c(F)cccc2F)cc(N(Cc2ccccc2)C(C)C)n1. The molecular weight excluding hydrogens is 374 g/mol. The topological polar surface area (TPSA) is 58.1 Å². The number of halogens is 2. The minimum atomic E-state index is -0.850. The highest BCUT2D eigenvalue weighted by Crippen LogP contribution is 2.22. The molecule has 0 aliphatic carbocycles. The van der Waals surface area contributed by atoms with Crippen LogP contribution < -0.4 is 10.2 Å². The second-order valence-corrected chi connectivity index (χ2v) is 6.92. The molecule has 0 aliphatic rings. The summed E-state index contributed by atoms with van der Waals surface area (Å²) in [5, 5.41) is 2.27. The summed E-state index contributed by atoms with van der Waals surface area (Å²) in [6.07, 6.45) is 0. The predicted molar refractivity (Wildman–Crippen MR) is 109 cm³/mol. The Hall–Kier alpha value is -3.35. The van der Waals surface area contributed by atoms with Crippen LogP contribution in [0.15, 0.2) is 54.6 Å². The van der Waals surface area contributed by atoms with Crippen LogP contribution in [0.2, 0.25) is 0 Å². The second kappa shape index (κ2) is 8.77. The number of anilines is 2. The average molecular weight is 396 g/mol. The van der Waals surface area contributed by atoms with Gasteiger partial charge in [-0.1, -0.05) is 36.4 Å². The van der Waals surface area contributed by atoms with E-state index in [-0.39, 0.29) is 11.7 Å². The van der Waals surface area contributed by atoms with Crippen LogP contribution in [-0.4, -0.2) is 21.9 Å². The number of aromatic nitrogens is 2. The van der Waals surface area contributed by atoms with Crippen molar-refractivity contribution < 1.29 is 13.6 Å². The van der Waals surface area contributed by atoms with E-state index in [1.807, 2.05) is 49.1 Å². The molecule has 2 aromatic carbocycles. The quantitative estimate of drug-likeness (QED) is 0.654. The van der Waals surface area contributed by atoms with Gasteiger partial charge in [-0.15, -0.1) is 0 Å². The van der Waals surface area contributed by atoms with E-state index in [0.717, 1.165) is 17.7 Å². The third kappa shape index (κ3) is 4.93. The molecule has 0 spiro atoms. The molecule has 0 unspecified atom stereocenters. The minimum Gasteiger partial charge on any atom is -0.350 e. The third-order valence-electron chi connectivity index (χ3n) is 4.37. The van der Waals surface area contributed by atoms with Crippen LogP contribution in [0.4, 0.5) is 20.3 Å². The van der Waals surface area contributed by atoms with E-state index in [9.17, 15) is 13.6 Å². The highest BCUT2D eigenvalue weighted by atomic mass is 19.1. The molecule has 0 atom stereocenters. The first-order valence-corrected chi connectivity index (χ1v) is 9.26. The van der Waals surface area contributed by atoms with Crippen LogP contribution in [0.3, 0.4) is 0 Å². The summed E-state index contributed by atoms with van der Waals surface area (Å²) in [6, 6.07) is 14.9. The Morgan fingerprint density at radius 2 is 1.69 bits per heavy atom. The number of amides is 1. The van der Waals surface area contributed by atoms with Crippen LogP contribution in [-0.2, 0) is 6.54 Å². The molecule has 150 valence electrons. The lowest BCUT2D eigenvalue weighted by Crippen LogP contribution is -2.31. The molecule has 7 heteroatoms. The average Bonchev–Trinajstić information content (AvgIpc) is 2.69. The van der Waals surface area contributed by atoms with Crippen molar-refractivity contribution in [3.63, 3.8) is 0 Å². The molecule has 0 radical (unpaired) electrons. The standard InChI is InChI=1S/C22H22F2N4O/c1-14(2)28(13-16-8-5-4-6-9-16)20-12-19(25-15(3)26-20)22(29)27-21-17(23)10-7-11-18(21)24/h4-12,14H,13H2,1-3H3,(H,27,29). The lowest BCUT2D eigenvalue weighted by atomic mass is 10.2. The predicted octanol–water partition coefficient (Wildman–Crippen LogP) is 4.73. The maximum atomic E-state index is 13.9. The van der Waals surface area contributed by atoms with Crippen LogP contribution in [0.1, 0.15) is 35.7 Å². The van der Waals surface area contributed by atoms with Crippen molar-refractivity contribution in [3.05, 3.63) is 83.3 Å². The summed E-state index contributed by atoms with van der Waals surface area (Å²) in [7, 11) is 0. The Morgan fingerprint density at radius 1 is 1.03 bits per heavy atom. The molecule has 29 heavy (non-hydrogen) atoms. The molecule has 5 nitrogen and oxygen atoms in total. The maximum Gasteiger partial charge on any atom is 0.274 e. The number of hydrogen-bond acceptors (Lipinski definition) is 4. The Morgan fingerprint density at radius 3 is 2.31 bits per heavy atom. The summed E-state index contributed by atoms with van der Waals surface area (Å²) >= 11 is 0. The molecule has 0 aliphatic heterocycles. The summed E-state index contributed by atoms with van der Waals surface area (Å²) in [4.78, 5) is 23.3. The molecule has 1 amide bonds. The molecule has 3 aromatic rings. The first-order chi connectivity index (χ1) is 13.8. The summed E-state index contributed by atoms with van der Waals surface area (Å²) < 4.78 is 27.7. The fraction of sp³-hybridized carbons (Fsp3) is 0.227. The molecule has 0 saturated carbocycles. The molecule has 3 rings (SSSR count). The van der Waals surface area contributed by atoms with Gasteiger partial charge >= 0.3 is 0 Å². The van der Waals surface area contributed by atoms with E-state index in [2.05, 4.69) is 15.3 Å². The largest absolute Gasteiger partial charge is 0.350 e. The number of rotatable bonds is 6. The fourth-order valence-corrected chi connectivity index (χ4v) is 2.92. The van der Waals surface area contributed by atoms with Gasteiger partial charge in [0.25, 0.3) is 5.91 Å². The van der Waals surface area contributed by atoms with E-state index in [4.69, 9.17) is 0 Å². The minimum absolute atomic E-state index is 0.0360. The number of aryl methyl sites for hydroxylation is 1. The van der Waals surface area contributed by atoms with Crippen molar-refractivity contribution in [2.45, 2.75) is 33.4 Å². The number of carbonyl (C=O) groups excluding carboxylic acids is 1. The van der Waals surface area contributed by atoms with E-state index in [1.54, 1.807) is 6.92 Å². The molecule has 0 fully saturated rings. The Balaban J connectivity index is 1.91. The molecule has 0 bridgehead atoms. The lowest BCUT2D eigenvalue weighted by Gasteiger charge is -2.28. The number of hydrogen-bond donors (Lipinski definition) is 1. The van der Waals surface area contributed by atoms with Gasteiger partial charge in [0.1, 0.15) is 34.7 Å². The fourth-order valence-electron chi connectivity index (χ4n) is 2.92. The smallest absolute Gasteiger partial charge is 0.274 e. The van der Waals surface area contributed by atoms with Gasteiger partial charge < -0.3 is 10.2 Å². The Kier molecular flexibility index (Phi) is 6.16. The summed E-state index contributed by atoms with van der Waals surface area (Å²) in [5.41, 5.74) is 0.631. The van der Waals surface area contributed by atoms with Crippen molar-refractivity contribution in [1.82, 2.24) is 9.97 Å². The van der Waals surface area contributed by atoms with Gasteiger partial charge in [-0.3, -0.25) is 4.79 Å². The van der Waals surface area contributed by atoms with E-state index < -0.39 is 23.2 Å².